The number of carbonyl (C=O) groups excluding carboxylic acids is 3. The molecule has 0 aliphatic carbocycles. The Balaban J connectivity index is 2.49. The van der Waals surface area contributed by atoms with Crippen LogP contribution in [0, 0.1) is 17.0 Å². The SMILES string of the molecule is COC(=O)c1sc(NC(=O)c2nn(C)cc2[N+](=O)[O-])c(C(=O)OC)c1C. The number of thiophene rings is 1. The van der Waals surface area contributed by atoms with Gasteiger partial charge in [0.25, 0.3) is 5.91 Å². The molecule has 0 spiro atoms. The van der Waals surface area contributed by atoms with E-state index in [2.05, 4.69) is 19.9 Å². The van der Waals surface area contributed by atoms with Crippen LogP contribution in [0.4, 0.5) is 10.7 Å². The summed E-state index contributed by atoms with van der Waals surface area (Å²) in [6.07, 6.45) is 1.08. The summed E-state index contributed by atoms with van der Waals surface area (Å²) in [5, 5.41) is 17.2. The number of nitro groups is 1. The lowest BCUT2D eigenvalue weighted by molar-refractivity contribution is -0.385. The summed E-state index contributed by atoms with van der Waals surface area (Å²) in [6, 6.07) is 0. The molecule has 0 saturated heterocycles. The number of amides is 1. The number of esters is 2. The lowest BCUT2D eigenvalue weighted by Gasteiger charge is -2.04. The molecule has 0 aliphatic rings. The van der Waals surface area contributed by atoms with Crippen LogP contribution in [0.3, 0.4) is 0 Å². The van der Waals surface area contributed by atoms with Gasteiger partial charge in [-0.15, -0.1) is 11.3 Å². The van der Waals surface area contributed by atoms with Crippen LogP contribution in [0.25, 0.3) is 0 Å². The molecular formula is C14H14N4O7S. The van der Waals surface area contributed by atoms with Crippen LogP contribution in [-0.4, -0.2) is 46.8 Å². The zero-order valence-corrected chi connectivity index (χ0v) is 15.0. The topological polar surface area (TPSA) is 143 Å². The molecule has 26 heavy (non-hydrogen) atoms. The highest BCUT2D eigenvalue weighted by molar-refractivity contribution is 7.18. The first-order valence-electron chi connectivity index (χ1n) is 7.00. The smallest absolute Gasteiger partial charge is 0.348 e. The Labute approximate surface area is 150 Å². The molecule has 0 unspecified atom stereocenters. The van der Waals surface area contributed by atoms with Crippen molar-refractivity contribution in [1.82, 2.24) is 9.78 Å². The highest BCUT2D eigenvalue weighted by Gasteiger charge is 2.30. The Morgan fingerprint density at radius 2 is 1.88 bits per heavy atom. The number of hydrogen-bond donors (Lipinski definition) is 1. The molecule has 0 bridgehead atoms. The summed E-state index contributed by atoms with van der Waals surface area (Å²) in [5.41, 5.74) is -0.700. The van der Waals surface area contributed by atoms with Crippen LogP contribution in [0.15, 0.2) is 6.20 Å². The maximum atomic E-state index is 12.4. The van der Waals surface area contributed by atoms with Gasteiger partial charge in [-0.2, -0.15) is 5.10 Å². The van der Waals surface area contributed by atoms with Gasteiger partial charge in [0.1, 0.15) is 16.1 Å². The maximum absolute atomic E-state index is 12.4. The van der Waals surface area contributed by atoms with Crippen LogP contribution in [0.5, 0.6) is 0 Å². The summed E-state index contributed by atoms with van der Waals surface area (Å²) in [7, 11) is 3.75. The Hall–Kier alpha value is -3.28. The number of anilines is 1. The molecule has 2 heterocycles. The lowest BCUT2D eigenvalue weighted by Crippen LogP contribution is -2.16. The van der Waals surface area contributed by atoms with Crippen molar-refractivity contribution in [2.24, 2.45) is 7.05 Å². The summed E-state index contributed by atoms with van der Waals surface area (Å²) in [5.74, 6) is -2.37. The number of methoxy groups -OCH3 is 2. The van der Waals surface area contributed by atoms with Gasteiger partial charge < -0.3 is 14.8 Å². The number of aromatic nitrogens is 2. The van der Waals surface area contributed by atoms with Crippen LogP contribution < -0.4 is 5.32 Å². The van der Waals surface area contributed by atoms with Crippen LogP contribution in [0.2, 0.25) is 0 Å². The van der Waals surface area contributed by atoms with E-state index in [1.807, 2.05) is 0 Å². The molecule has 0 radical (unpaired) electrons. The largest absolute Gasteiger partial charge is 0.465 e. The van der Waals surface area contributed by atoms with Crippen molar-refractivity contribution in [3.8, 4) is 0 Å². The fraction of sp³-hybridized carbons (Fsp3) is 0.286. The summed E-state index contributed by atoms with van der Waals surface area (Å²) in [4.78, 5) is 46.7. The minimum atomic E-state index is -0.903. The molecule has 1 amide bonds. The second-order valence-electron chi connectivity index (χ2n) is 4.99. The number of ether oxygens (including phenoxy) is 2. The van der Waals surface area contributed by atoms with Gasteiger partial charge in [0, 0.05) is 7.05 Å². The fourth-order valence-electron chi connectivity index (χ4n) is 2.17. The normalized spacial score (nSPS) is 10.3. The van der Waals surface area contributed by atoms with Crippen molar-refractivity contribution in [2.75, 3.05) is 19.5 Å². The summed E-state index contributed by atoms with van der Waals surface area (Å²) >= 11 is 0.795. The molecule has 12 heteroatoms. The van der Waals surface area contributed by atoms with Gasteiger partial charge >= 0.3 is 17.6 Å². The summed E-state index contributed by atoms with van der Waals surface area (Å²) < 4.78 is 10.4. The van der Waals surface area contributed by atoms with Gasteiger partial charge in [-0.05, 0) is 12.5 Å². The van der Waals surface area contributed by atoms with Crippen molar-refractivity contribution in [1.29, 1.82) is 0 Å². The van der Waals surface area contributed by atoms with Crippen LogP contribution in [-0.2, 0) is 16.5 Å². The van der Waals surface area contributed by atoms with E-state index < -0.39 is 34.2 Å². The first-order valence-corrected chi connectivity index (χ1v) is 7.82. The van der Waals surface area contributed by atoms with E-state index in [4.69, 9.17) is 0 Å². The third-order valence-corrected chi connectivity index (χ3v) is 4.54. The van der Waals surface area contributed by atoms with Crippen molar-refractivity contribution in [2.45, 2.75) is 6.92 Å². The molecule has 1 N–H and O–H groups in total. The van der Waals surface area contributed by atoms with Gasteiger partial charge in [0.15, 0.2) is 0 Å². The average Bonchev–Trinajstić information content (AvgIpc) is 3.14. The predicted octanol–water partition coefficient (Wildman–Crippen LogP) is 1.52. The molecule has 0 aliphatic heterocycles. The molecule has 2 rings (SSSR count). The molecule has 138 valence electrons. The van der Waals surface area contributed by atoms with E-state index in [1.54, 1.807) is 0 Å². The van der Waals surface area contributed by atoms with E-state index in [9.17, 15) is 24.5 Å². The van der Waals surface area contributed by atoms with Gasteiger partial charge in [0.05, 0.1) is 24.7 Å². The van der Waals surface area contributed by atoms with Crippen molar-refractivity contribution >= 4 is 39.9 Å². The number of aryl methyl sites for hydroxylation is 1. The fourth-order valence-corrected chi connectivity index (χ4v) is 3.28. The molecule has 2 aromatic rings. The molecule has 0 fully saturated rings. The Morgan fingerprint density at radius 1 is 1.27 bits per heavy atom. The Bertz CT molecular complexity index is 915. The number of hydrogen-bond acceptors (Lipinski definition) is 9. The molecule has 2 aromatic heterocycles. The van der Waals surface area contributed by atoms with Gasteiger partial charge in [-0.3, -0.25) is 19.6 Å². The Kier molecular flexibility index (Phi) is 5.35. The van der Waals surface area contributed by atoms with E-state index >= 15 is 0 Å². The van der Waals surface area contributed by atoms with Gasteiger partial charge in [-0.1, -0.05) is 0 Å². The van der Waals surface area contributed by atoms with E-state index in [0.717, 1.165) is 29.3 Å². The predicted molar refractivity (Wildman–Crippen MR) is 89.6 cm³/mol. The number of rotatable bonds is 5. The molecule has 11 nitrogen and oxygen atoms in total. The third-order valence-electron chi connectivity index (χ3n) is 3.36. The van der Waals surface area contributed by atoms with Crippen LogP contribution >= 0.6 is 11.3 Å². The lowest BCUT2D eigenvalue weighted by atomic mass is 10.1. The van der Waals surface area contributed by atoms with E-state index in [1.165, 1.54) is 21.1 Å². The van der Waals surface area contributed by atoms with E-state index in [0.29, 0.717) is 0 Å². The second-order valence-corrected chi connectivity index (χ2v) is 6.01. The zero-order valence-electron chi connectivity index (χ0n) is 14.2. The third kappa shape index (κ3) is 3.39. The molecule has 0 saturated carbocycles. The monoisotopic (exact) mass is 382 g/mol. The minimum Gasteiger partial charge on any atom is -0.465 e. The van der Waals surface area contributed by atoms with Gasteiger partial charge in [0.2, 0.25) is 5.69 Å². The molecule has 0 aromatic carbocycles. The van der Waals surface area contributed by atoms with Gasteiger partial charge in [-0.25, -0.2) is 9.59 Å². The number of nitrogens with one attached hydrogen (secondary N) is 1. The van der Waals surface area contributed by atoms with Crippen molar-refractivity contribution < 1.29 is 28.8 Å². The molecular weight excluding hydrogens is 368 g/mol. The van der Waals surface area contributed by atoms with E-state index in [-0.39, 0.29) is 21.0 Å². The highest BCUT2D eigenvalue weighted by atomic mass is 32.1. The minimum absolute atomic E-state index is 0.000277. The number of nitrogens with zero attached hydrogens (tertiary/aromatic N) is 3. The Morgan fingerprint density at radius 3 is 2.42 bits per heavy atom. The average molecular weight is 382 g/mol. The first-order chi connectivity index (χ1) is 12.2. The zero-order chi connectivity index (χ0) is 19.6. The maximum Gasteiger partial charge on any atom is 0.348 e. The number of carbonyl (C=O) groups is 3. The second kappa shape index (κ2) is 7.31. The first kappa shape index (κ1) is 19.1. The highest BCUT2D eigenvalue weighted by Crippen LogP contribution is 2.34. The quantitative estimate of drug-likeness (QED) is 0.466. The standard InChI is InChI=1S/C14H14N4O7S/c1-6-8(13(20)24-3)12(26-10(6)14(21)25-4)15-11(19)9-7(18(22)23)5-17(2)16-9/h5H,1-4H3,(H,15,19). The van der Waals surface area contributed by atoms with Crippen LogP contribution in [0.1, 0.15) is 36.1 Å². The van der Waals surface area contributed by atoms with Crippen molar-refractivity contribution in [3.05, 3.63) is 38.0 Å². The molecule has 0 atom stereocenters. The van der Waals surface area contributed by atoms with Crippen molar-refractivity contribution in [3.63, 3.8) is 0 Å². The summed E-state index contributed by atoms with van der Waals surface area (Å²) in [6.45, 7) is 1.49.